The molecule has 2 aromatic carbocycles. The molecule has 0 N–H and O–H groups in total. The zero-order valence-corrected chi connectivity index (χ0v) is 14.8. The molecule has 1 saturated heterocycles. The van der Waals surface area contributed by atoms with Crippen LogP contribution < -0.4 is 0 Å². The van der Waals surface area contributed by atoms with Gasteiger partial charge in [-0.25, -0.2) is 12.8 Å². The highest BCUT2D eigenvalue weighted by Crippen LogP contribution is 2.26. The Labute approximate surface area is 147 Å². The normalized spacial score (nSPS) is 16.7. The highest BCUT2D eigenvalue weighted by Gasteiger charge is 2.32. The lowest BCUT2D eigenvalue weighted by Crippen LogP contribution is -2.40. The molecule has 0 saturated carbocycles. The summed E-state index contributed by atoms with van der Waals surface area (Å²) in [6, 6.07) is 12.3. The molecule has 1 aliphatic heterocycles. The lowest BCUT2D eigenvalue weighted by Gasteiger charge is -2.30. The molecule has 1 fully saturated rings. The number of piperidine rings is 1. The average Bonchev–Trinajstić information content (AvgIpc) is 2.62. The van der Waals surface area contributed by atoms with E-state index in [4.69, 9.17) is 0 Å². The van der Waals surface area contributed by atoms with E-state index in [0.29, 0.717) is 31.5 Å². The number of aryl methyl sites for hydroxylation is 1. The molecule has 0 radical (unpaired) electrons. The number of hydrogen-bond acceptors (Lipinski definition) is 3. The van der Waals surface area contributed by atoms with Crippen LogP contribution in [0.15, 0.2) is 53.4 Å². The maximum Gasteiger partial charge on any atom is 0.243 e. The van der Waals surface area contributed by atoms with Crippen molar-refractivity contribution in [3.63, 3.8) is 0 Å². The smallest absolute Gasteiger partial charge is 0.243 e. The first-order valence-corrected chi connectivity index (χ1v) is 9.68. The molecule has 132 valence electrons. The highest BCUT2D eigenvalue weighted by atomic mass is 32.2. The Hall–Kier alpha value is -2.05. The summed E-state index contributed by atoms with van der Waals surface area (Å²) < 4.78 is 39.6. The Kier molecular flexibility index (Phi) is 5.01. The van der Waals surface area contributed by atoms with Gasteiger partial charge in [0, 0.05) is 24.6 Å². The number of hydrogen-bond donors (Lipinski definition) is 0. The minimum Gasteiger partial charge on any atom is -0.294 e. The van der Waals surface area contributed by atoms with Crippen LogP contribution in [-0.2, 0) is 10.0 Å². The second-order valence-corrected chi connectivity index (χ2v) is 8.30. The SMILES string of the molecule is Cc1ccc(C(=O)C2CCN(S(=O)(=O)c3ccc(F)cc3)CC2)cc1. The first-order chi connectivity index (χ1) is 11.9. The third-order valence-corrected chi connectivity index (χ3v) is 6.53. The molecule has 0 unspecified atom stereocenters. The van der Waals surface area contributed by atoms with E-state index in [-0.39, 0.29) is 16.6 Å². The van der Waals surface area contributed by atoms with Gasteiger partial charge < -0.3 is 0 Å². The maximum absolute atomic E-state index is 13.0. The van der Waals surface area contributed by atoms with Crippen LogP contribution in [0.2, 0.25) is 0 Å². The molecule has 0 atom stereocenters. The van der Waals surface area contributed by atoms with Gasteiger partial charge in [0.1, 0.15) is 5.82 Å². The quantitative estimate of drug-likeness (QED) is 0.784. The molecule has 0 bridgehead atoms. The second-order valence-electron chi connectivity index (χ2n) is 6.36. The van der Waals surface area contributed by atoms with Crippen molar-refractivity contribution in [1.29, 1.82) is 0 Å². The molecule has 0 aliphatic carbocycles. The number of carbonyl (C=O) groups is 1. The first kappa shape index (κ1) is 17.8. The Balaban J connectivity index is 1.68. The number of halogens is 1. The van der Waals surface area contributed by atoms with Crippen LogP contribution in [0.25, 0.3) is 0 Å². The van der Waals surface area contributed by atoms with Gasteiger partial charge in [-0.15, -0.1) is 0 Å². The van der Waals surface area contributed by atoms with Crippen LogP contribution in [0, 0.1) is 18.7 Å². The van der Waals surface area contributed by atoms with Crippen molar-refractivity contribution >= 4 is 15.8 Å². The molecule has 0 spiro atoms. The minimum atomic E-state index is -3.64. The average molecular weight is 361 g/mol. The van der Waals surface area contributed by atoms with E-state index in [9.17, 15) is 17.6 Å². The standard InChI is InChI=1S/C19H20FNO3S/c1-14-2-4-15(5-3-14)19(22)16-10-12-21(13-11-16)25(23,24)18-8-6-17(20)7-9-18/h2-9,16H,10-13H2,1H3. The summed E-state index contributed by atoms with van der Waals surface area (Å²) in [5, 5.41) is 0. The van der Waals surface area contributed by atoms with Gasteiger partial charge in [-0.05, 0) is 44.0 Å². The van der Waals surface area contributed by atoms with E-state index in [1.165, 1.54) is 16.4 Å². The van der Waals surface area contributed by atoms with Crippen molar-refractivity contribution < 1.29 is 17.6 Å². The number of ketones is 1. The van der Waals surface area contributed by atoms with Crippen molar-refractivity contribution in [3.8, 4) is 0 Å². The minimum absolute atomic E-state index is 0.0684. The fraction of sp³-hybridized carbons (Fsp3) is 0.316. The Morgan fingerprint density at radius 3 is 2.12 bits per heavy atom. The monoisotopic (exact) mass is 361 g/mol. The van der Waals surface area contributed by atoms with Crippen LogP contribution in [0.1, 0.15) is 28.8 Å². The fourth-order valence-electron chi connectivity index (χ4n) is 3.07. The van der Waals surface area contributed by atoms with Crippen LogP contribution in [0.3, 0.4) is 0 Å². The molecule has 25 heavy (non-hydrogen) atoms. The topological polar surface area (TPSA) is 54.5 Å². The molecule has 3 rings (SSSR count). The highest BCUT2D eigenvalue weighted by molar-refractivity contribution is 7.89. The predicted octanol–water partition coefficient (Wildman–Crippen LogP) is 3.42. The summed E-state index contributed by atoms with van der Waals surface area (Å²) in [7, 11) is -3.64. The summed E-state index contributed by atoms with van der Waals surface area (Å²) >= 11 is 0. The van der Waals surface area contributed by atoms with E-state index in [1.54, 1.807) is 0 Å². The largest absolute Gasteiger partial charge is 0.294 e. The van der Waals surface area contributed by atoms with Crippen molar-refractivity contribution in [3.05, 3.63) is 65.5 Å². The molecular formula is C19H20FNO3S. The first-order valence-electron chi connectivity index (χ1n) is 8.24. The van der Waals surface area contributed by atoms with Gasteiger partial charge in [0.15, 0.2) is 5.78 Å². The van der Waals surface area contributed by atoms with E-state index >= 15 is 0 Å². The van der Waals surface area contributed by atoms with E-state index < -0.39 is 15.8 Å². The summed E-state index contributed by atoms with van der Waals surface area (Å²) in [6.07, 6.45) is 0.986. The van der Waals surface area contributed by atoms with Crippen molar-refractivity contribution in [2.24, 2.45) is 5.92 Å². The number of Topliss-reactive ketones (excluding diaryl/α,β-unsaturated/α-hetero) is 1. The lowest BCUT2D eigenvalue weighted by molar-refractivity contribution is 0.0875. The van der Waals surface area contributed by atoms with Gasteiger partial charge in [-0.2, -0.15) is 4.31 Å². The van der Waals surface area contributed by atoms with Crippen molar-refractivity contribution in [2.75, 3.05) is 13.1 Å². The Morgan fingerprint density at radius 2 is 1.56 bits per heavy atom. The molecule has 1 aliphatic rings. The Morgan fingerprint density at radius 1 is 1.00 bits per heavy atom. The number of rotatable bonds is 4. The molecule has 0 amide bonds. The Bertz CT molecular complexity index is 853. The van der Waals surface area contributed by atoms with Gasteiger partial charge in [0.25, 0.3) is 0 Å². The van der Waals surface area contributed by atoms with Crippen molar-refractivity contribution in [2.45, 2.75) is 24.7 Å². The third kappa shape index (κ3) is 3.80. The summed E-state index contributed by atoms with van der Waals surface area (Å²) in [4.78, 5) is 12.6. The fourth-order valence-corrected chi connectivity index (χ4v) is 4.54. The molecule has 0 aromatic heterocycles. The van der Waals surface area contributed by atoms with Crippen LogP contribution in [0.5, 0.6) is 0 Å². The molecular weight excluding hydrogens is 341 g/mol. The van der Waals surface area contributed by atoms with Gasteiger partial charge in [0.2, 0.25) is 10.0 Å². The second kappa shape index (κ2) is 7.06. The van der Waals surface area contributed by atoms with Gasteiger partial charge in [-0.1, -0.05) is 29.8 Å². The van der Waals surface area contributed by atoms with Gasteiger partial charge in [-0.3, -0.25) is 4.79 Å². The lowest BCUT2D eigenvalue weighted by atomic mass is 9.89. The number of sulfonamides is 1. The van der Waals surface area contributed by atoms with Gasteiger partial charge >= 0.3 is 0 Å². The predicted molar refractivity (Wildman–Crippen MR) is 93.4 cm³/mol. The van der Waals surface area contributed by atoms with Crippen LogP contribution in [0.4, 0.5) is 4.39 Å². The van der Waals surface area contributed by atoms with E-state index in [2.05, 4.69) is 0 Å². The zero-order valence-electron chi connectivity index (χ0n) is 14.0. The maximum atomic E-state index is 13.0. The molecule has 1 heterocycles. The number of carbonyl (C=O) groups excluding carboxylic acids is 1. The number of nitrogens with zero attached hydrogens (tertiary/aromatic N) is 1. The molecule has 2 aromatic rings. The summed E-state index contributed by atoms with van der Waals surface area (Å²) in [5.74, 6) is -0.567. The summed E-state index contributed by atoms with van der Waals surface area (Å²) in [6.45, 7) is 2.55. The van der Waals surface area contributed by atoms with Gasteiger partial charge in [0.05, 0.1) is 4.90 Å². The zero-order chi connectivity index (χ0) is 18.0. The van der Waals surface area contributed by atoms with E-state index in [0.717, 1.165) is 17.7 Å². The van der Waals surface area contributed by atoms with E-state index in [1.807, 2.05) is 31.2 Å². The summed E-state index contributed by atoms with van der Waals surface area (Å²) in [5.41, 5.74) is 1.77. The molecule has 6 heteroatoms. The third-order valence-electron chi connectivity index (χ3n) is 4.61. The number of benzene rings is 2. The van der Waals surface area contributed by atoms with Crippen LogP contribution >= 0.6 is 0 Å². The van der Waals surface area contributed by atoms with Crippen LogP contribution in [-0.4, -0.2) is 31.6 Å². The van der Waals surface area contributed by atoms with Crippen molar-refractivity contribution in [1.82, 2.24) is 4.31 Å². The molecule has 4 nitrogen and oxygen atoms in total.